The molecule has 3 N–H and O–H groups in total. The highest BCUT2D eigenvalue weighted by Crippen LogP contribution is 2.07. The summed E-state index contributed by atoms with van der Waals surface area (Å²) in [4.78, 5) is 24.1. The lowest BCUT2D eigenvalue weighted by molar-refractivity contribution is -0.119. The quantitative estimate of drug-likeness (QED) is 0.795. The van der Waals surface area contributed by atoms with Gasteiger partial charge in [-0.3, -0.25) is 4.79 Å². The molecule has 0 saturated carbocycles. The number of amides is 3. The molecule has 3 amide bonds. The number of carbonyl (C=O) groups excluding carboxylic acids is 2. The summed E-state index contributed by atoms with van der Waals surface area (Å²) in [6.07, 6.45) is 1.80. The van der Waals surface area contributed by atoms with Gasteiger partial charge < -0.3 is 16.0 Å². The summed E-state index contributed by atoms with van der Waals surface area (Å²) in [5, 5.41) is 2.56. The molecule has 0 spiro atoms. The highest BCUT2D eigenvalue weighted by atomic mass is 16.2. The van der Waals surface area contributed by atoms with Gasteiger partial charge in [-0.05, 0) is 18.4 Å². The minimum absolute atomic E-state index is 0.202. The Kier molecular flexibility index (Phi) is 3.82. The van der Waals surface area contributed by atoms with Gasteiger partial charge in [-0.2, -0.15) is 0 Å². The van der Waals surface area contributed by atoms with Crippen LogP contribution in [0.5, 0.6) is 0 Å². The van der Waals surface area contributed by atoms with Crippen molar-refractivity contribution in [3.8, 4) is 0 Å². The Morgan fingerprint density at radius 2 is 2.11 bits per heavy atom. The third kappa shape index (κ3) is 3.00. The maximum Gasteiger partial charge on any atom is 0.318 e. The Hall–Kier alpha value is -2.04. The number of urea groups is 1. The van der Waals surface area contributed by atoms with Gasteiger partial charge >= 0.3 is 6.03 Å². The van der Waals surface area contributed by atoms with Gasteiger partial charge in [-0.1, -0.05) is 30.3 Å². The topological polar surface area (TPSA) is 75.4 Å². The average molecular weight is 247 g/mol. The highest BCUT2D eigenvalue weighted by molar-refractivity contribution is 5.89. The molecular weight excluding hydrogens is 230 g/mol. The van der Waals surface area contributed by atoms with Crippen LogP contribution < -0.4 is 11.1 Å². The molecule has 1 unspecified atom stereocenters. The van der Waals surface area contributed by atoms with Gasteiger partial charge in [0.1, 0.15) is 6.04 Å². The number of nitrogens with two attached hydrogens (primary N) is 1. The van der Waals surface area contributed by atoms with Gasteiger partial charge in [0.15, 0.2) is 0 Å². The van der Waals surface area contributed by atoms with E-state index in [0.717, 1.165) is 12.8 Å². The molecule has 1 heterocycles. The molecule has 2 rings (SSSR count). The van der Waals surface area contributed by atoms with Crippen LogP contribution in [-0.4, -0.2) is 36.0 Å². The van der Waals surface area contributed by atoms with Crippen LogP contribution in [0.1, 0.15) is 12.0 Å². The Balaban J connectivity index is 1.78. The lowest BCUT2D eigenvalue weighted by Gasteiger charge is -2.13. The summed E-state index contributed by atoms with van der Waals surface area (Å²) in [6, 6.07) is 9.37. The molecule has 1 atom stereocenters. The molecule has 1 aliphatic heterocycles. The first kappa shape index (κ1) is 12.4. The van der Waals surface area contributed by atoms with Crippen molar-refractivity contribution >= 4 is 11.9 Å². The minimum atomic E-state index is -0.547. The van der Waals surface area contributed by atoms with Gasteiger partial charge in [-0.15, -0.1) is 0 Å². The van der Waals surface area contributed by atoms with Crippen LogP contribution in [0.3, 0.4) is 0 Å². The van der Waals surface area contributed by atoms with E-state index in [0.29, 0.717) is 13.1 Å². The molecule has 96 valence electrons. The van der Waals surface area contributed by atoms with Gasteiger partial charge in [0.05, 0.1) is 6.54 Å². The standard InChI is InChI=1S/C13H17N3O2/c14-12(17)11-9-16(13(18)15-11)8-4-7-10-5-2-1-3-6-10/h1-3,5-6,11H,4,7-9H2,(H2,14,17)(H,15,18). The van der Waals surface area contributed by atoms with E-state index < -0.39 is 11.9 Å². The number of benzene rings is 1. The highest BCUT2D eigenvalue weighted by Gasteiger charge is 2.31. The van der Waals surface area contributed by atoms with Crippen LogP contribution in [0.25, 0.3) is 0 Å². The summed E-state index contributed by atoms with van der Waals surface area (Å²) in [5.74, 6) is -0.478. The molecule has 0 aliphatic carbocycles. The summed E-state index contributed by atoms with van der Waals surface area (Å²) in [7, 11) is 0. The number of hydrogen-bond donors (Lipinski definition) is 2. The second-order valence-corrected chi connectivity index (χ2v) is 4.44. The van der Waals surface area contributed by atoms with Gasteiger partial charge in [-0.25, -0.2) is 4.79 Å². The molecule has 1 fully saturated rings. The van der Waals surface area contributed by atoms with Crippen molar-refractivity contribution in [3.63, 3.8) is 0 Å². The van der Waals surface area contributed by atoms with Crippen molar-refractivity contribution in [2.75, 3.05) is 13.1 Å². The first-order valence-corrected chi connectivity index (χ1v) is 6.05. The van der Waals surface area contributed by atoms with E-state index in [1.165, 1.54) is 5.56 Å². The zero-order valence-corrected chi connectivity index (χ0v) is 10.1. The summed E-state index contributed by atoms with van der Waals surface area (Å²) < 4.78 is 0. The van der Waals surface area contributed by atoms with Crippen LogP contribution in [0.4, 0.5) is 4.79 Å². The van der Waals surface area contributed by atoms with Crippen molar-refractivity contribution < 1.29 is 9.59 Å². The minimum Gasteiger partial charge on any atom is -0.368 e. The largest absolute Gasteiger partial charge is 0.368 e. The molecule has 0 aromatic heterocycles. The van der Waals surface area contributed by atoms with E-state index in [-0.39, 0.29) is 6.03 Å². The van der Waals surface area contributed by atoms with Crippen LogP contribution >= 0.6 is 0 Å². The predicted molar refractivity (Wildman–Crippen MR) is 67.9 cm³/mol. The van der Waals surface area contributed by atoms with Crippen LogP contribution in [0, 0.1) is 0 Å². The maximum absolute atomic E-state index is 11.5. The normalized spacial score (nSPS) is 18.8. The van der Waals surface area contributed by atoms with E-state index in [2.05, 4.69) is 17.4 Å². The van der Waals surface area contributed by atoms with Crippen molar-refractivity contribution in [2.24, 2.45) is 5.73 Å². The van der Waals surface area contributed by atoms with E-state index in [1.54, 1.807) is 4.90 Å². The monoisotopic (exact) mass is 247 g/mol. The van der Waals surface area contributed by atoms with Gasteiger partial charge in [0.25, 0.3) is 0 Å². The molecule has 5 nitrogen and oxygen atoms in total. The summed E-state index contributed by atoms with van der Waals surface area (Å²) in [6.45, 7) is 1.02. The molecule has 0 radical (unpaired) electrons. The fraction of sp³-hybridized carbons (Fsp3) is 0.385. The molecule has 1 aromatic rings. The maximum atomic E-state index is 11.5. The van der Waals surface area contributed by atoms with Crippen LogP contribution in [-0.2, 0) is 11.2 Å². The van der Waals surface area contributed by atoms with E-state index >= 15 is 0 Å². The Labute approximate surface area is 106 Å². The third-order valence-corrected chi connectivity index (χ3v) is 3.07. The number of nitrogens with zero attached hydrogens (tertiary/aromatic N) is 1. The summed E-state index contributed by atoms with van der Waals surface area (Å²) in [5.41, 5.74) is 6.41. The predicted octanol–water partition coefficient (Wildman–Crippen LogP) is 0.498. The molecule has 1 aromatic carbocycles. The van der Waals surface area contributed by atoms with Crippen molar-refractivity contribution in [1.29, 1.82) is 0 Å². The lowest BCUT2D eigenvalue weighted by Crippen LogP contribution is -2.39. The second-order valence-electron chi connectivity index (χ2n) is 4.44. The number of nitrogens with one attached hydrogen (secondary N) is 1. The van der Waals surface area contributed by atoms with E-state index in [4.69, 9.17) is 5.73 Å². The number of hydrogen-bond acceptors (Lipinski definition) is 2. The van der Waals surface area contributed by atoms with E-state index in [1.807, 2.05) is 18.2 Å². The Morgan fingerprint density at radius 3 is 2.72 bits per heavy atom. The average Bonchev–Trinajstić information content (AvgIpc) is 2.73. The first-order chi connectivity index (χ1) is 8.66. The van der Waals surface area contributed by atoms with Gasteiger partial charge in [0, 0.05) is 6.54 Å². The zero-order chi connectivity index (χ0) is 13.0. The number of primary amides is 1. The molecule has 5 heteroatoms. The van der Waals surface area contributed by atoms with Crippen molar-refractivity contribution in [1.82, 2.24) is 10.2 Å². The lowest BCUT2D eigenvalue weighted by atomic mass is 10.1. The molecule has 0 bridgehead atoms. The summed E-state index contributed by atoms with van der Waals surface area (Å²) >= 11 is 0. The van der Waals surface area contributed by atoms with Crippen LogP contribution in [0.15, 0.2) is 30.3 Å². The molecular formula is C13H17N3O2. The number of aryl methyl sites for hydroxylation is 1. The molecule has 1 saturated heterocycles. The SMILES string of the molecule is NC(=O)C1CN(CCCc2ccccc2)C(=O)N1. The number of carbonyl (C=O) groups is 2. The molecule has 1 aliphatic rings. The van der Waals surface area contributed by atoms with Crippen LogP contribution in [0.2, 0.25) is 0 Å². The smallest absolute Gasteiger partial charge is 0.318 e. The van der Waals surface area contributed by atoms with E-state index in [9.17, 15) is 9.59 Å². The first-order valence-electron chi connectivity index (χ1n) is 6.05. The Morgan fingerprint density at radius 1 is 1.39 bits per heavy atom. The second kappa shape index (κ2) is 5.53. The fourth-order valence-electron chi connectivity index (χ4n) is 2.06. The van der Waals surface area contributed by atoms with Crippen molar-refractivity contribution in [2.45, 2.75) is 18.9 Å². The van der Waals surface area contributed by atoms with Crippen molar-refractivity contribution in [3.05, 3.63) is 35.9 Å². The van der Waals surface area contributed by atoms with Gasteiger partial charge in [0.2, 0.25) is 5.91 Å². The fourth-order valence-corrected chi connectivity index (χ4v) is 2.06. The Bertz CT molecular complexity index is 433. The molecule has 18 heavy (non-hydrogen) atoms. The third-order valence-electron chi connectivity index (χ3n) is 3.07. The zero-order valence-electron chi connectivity index (χ0n) is 10.1. The number of rotatable bonds is 5.